The highest BCUT2D eigenvalue weighted by Crippen LogP contribution is 2.35. The number of nitrogens with one attached hydrogen (secondary N) is 1. The maximum Gasteiger partial charge on any atom is 0.407 e. The molecule has 1 aliphatic rings. The van der Waals surface area contributed by atoms with Crippen molar-refractivity contribution in [2.45, 2.75) is 52.6 Å². The van der Waals surface area contributed by atoms with E-state index >= 15 is 0 Å². The van der Waals surface area contributed by atoms with Gasteiger partial charge >= 0.3 is 6.09 Å². The number of methoxy groups -OCH3 is 1. The summed E-state index contributed by atoms with van der Waals surface area (Å²) in [5, 5.41) is 2.80. The largest absolute Gasteiger partial charge is 0.446 e. The number of alkyl carbamates (subject to hydrolysis) is 1. The molecule has 4 nitrogen and oxygen atoms in total. The van der Waals surface area contributed by atoms with Crippen molar-refractivity contribution in [1.82, 2.24) is 5.32 Å². The molecular formula is C15H29NO3. The third-order valence-corrected chi connectivity index (χ3v) is 4.01. The summed E-state index contributed by atoms with van der Waals surface area (Å²) in [7, 11) is 1.66. The molecule has 112 valence electrons. The van der Waals surface area contributed by atoms with Crippen molar-refractivity contribution in [3.05, 3.63) is 0 Å². The van der Waals surface area contributed by atoms with Gasteiger partial charge in [-0.2, -0.15) is 0 Å². The van der Waals surface area contributed by atoms with Gasteiger partial charge in [-0.1, -0.05) is 27.2 Å². The second-order valence-electron chi connectivity index (χ2n) is 6.04. The molecule has 1 N–H and O–H groups in total. The van der Waals surface area contributed by atoms with Crippen LogP contribution in [0.4, 0.5) is 4.79 Å². The molecule has 3 atom stereocenters. The third kappa shape index (κ3) is 5.81. The topological polar surface area (TPSA) is 47.6 Å². The zero-order valence-corrected chi connectivity index (χ0v) is 12.8. The summed E-state index contributed by atoms with van der Waals surface area (Å²) in [5.41, 5.74) is 0. The van der Waals surface area contributed by atoms with E-state index in [0.29, 0.717) is 30.9 Å². The number of amides is 1. The second-order valence-corrected chi connectivity index (χ2v) is 6.04. The van der Waals surface area contributed by atoms with Crippen LogP contribution < -0.4 is 5.32 Å². The SMILES string of the molecule is COCCCNC(=O)OC1C[C@@H](C)CC[C@@H]1C(C)C. The molecule has 0 aromatic heterocycles. The molecule has 1 rings (SSSR count). The van der Waals surface area contributed by atoms with Gasteiger partial charge in [0.1, 0.15) is 6.10 Å². The van der Waals surface area contributed by atoms with Gasteiger partial charge in [0.15, 0.2) is 0 Å². The maximum atomic E-state index is 11.8. The van der Waals surface area contributed by atoms with Crippen LogP contribution in [0, 0.1) is 17.8 Å². The molecule has 1 saturated carbocycles. The summed E-state index contributed by atoms with van der Waals surface area (Å²) >= 11 is 0. The van der Waals surface area contributed by atoms with E-state index < -0.39 is 0 Å². The summed E-state index contributed by atoms with van der Waals surface area (Å²) < 4.78 is 10.6. The van der Waals surface area contributed by atoms with Gasteiger partial charge in [-0.05, 0) is 37.0 Å². The van der Waals surface area contributed by atoms with Crippen LogP contribution in [-0.4, -0.2) is 32.5 Å². The van der Waals surface area contributed by atoms with Crippen LogP contribution in [0.25, 0.3) is 0 Å². The quantitative estimate of drug-likeness (QED) is 0.755. The van der Waals surface area contributed by atoms with Crippen LogP contribution in [0.5, 0.6) is 0 Å². The lowest BCUT2D eigenvalue weighted by Gasteiger charge is -2.36. The molecule has 0 heterocycles. The van der Waals surface area contributed by atoms with Crippen molar-refractivity contribution in [2.75, 3.05) is 20.3 Å². The van der Waals surface area contributed by atoms with Crippen molar-refractivity contribution in [2.24, 2.45) is 17.8 Å². The summed E-state index contributed by atoms with van der Waals surface area (Å²) in [6.07, 6.45) is 4.03. The predicted octanol–water partition coefficient (Wildman–Crippen LogP) is 3.21. The van der Waals surface area contributed by atoms with Gasteiger partial charge < -0.3 is 14.8 Å². The number of carbonyl (C=O) groups excluding carboxylic acids is 1. The maximum absolute atomic E-state index is 11.8. The van der Waals surface area contributed by atoms with E-state index in [1.807, 2.05) is 0 Å². The van der Waals surface area contributed by atoms with Crippen molar-refractivity contribution in [3.63, 3.8) is 0 Å². The van der Waals surface area contributed by atoms with E-state index in [1.165, 1.54) is 12.8 Å². The summed E-state index contributed by atoms with van der Waals surface area (Å²) in [4.78, 5) is 11.8. The third-order valence-electron chi connectivity index (χ3n) is 4.01. The standard InChI is InChI=1S/C15H29NO3/c1-11(2)13-7-6-12(3)10-14(13)19-15(17)16-8-5-9-18-4/h11-14H,5-10H2,1-4H3,(H,16,17)/t12-,13+,14?/m0/s1. The smallest absolute Gasteiger partial charge is 0.407 e. The van der Waals surface area contributed by atoms with Gasteiger partial charge in [0, 0.05) is 20.3 Å². The molecule has 1 fully saturated rings. The Kier molecular flexibility index (Phi) is 7.21. The van der Waals surface area contributed by atoms with Crippen molar-refractivity contribution in [1.29, 1.82) is 0 Å². The van der Waals surface area contributed by atoms with Gasteiger partial charge in [-0.25, -0.2) is 4.79 Å². The average Bonchev–Trinajstić information content (AvgIpc) is 2.34. The van der Waals surface area contributed by atoms with Crippen LogP contribution in [0.15, 0.2) is 0 Å². The fraction of sp³-hybridized carbons (Fsp3) is 0.933. The number of hydrogen-bond acceptors (Lipinski definition) is 3. The van der Waals surface area contributed by atoms with Gasteiger partial charge in [0.2, 0.25) is 0 Å². The van der Waals surface area contributed by atoms with Crippen LogP contribution >= 0.6 is 0 Å². The molecule has 0 spiro atoms. The molecule has 0 saturated heterocycles. The lowest BCUT2D eigenvalue weighted by atomic mass is 9.75. The highest BCUT2D eigenvalue weighted by atomic mass is 16.6. The Bertz CT molecular complexity index is 268. The van der Waals surface area contributed by atoms with E-state index in [1.54, 1.807) is 7.11 Å². The number of ether oxygens (including phenoxy) is 2. The molecular weight excluding hydrogens is 242 g/mol. The Morgan fingerprint density at radius 1 is 1.37 bits per heavy atom. The molecule has 1 amide bonds. The summed E-state index contributed by atoms with van der Waals surface area (Å²) in [6, 6.07) is 0. The molecule has 19 heavy (non-hydrogen) atoms. The molecule has 0 aromatic carbocycles. The molecule has 0 radical (unpaired) electrons. The van der Waals surface area contributed by atoms with Gasteiger partial charge in [0.25, 0.3) is 0 Å². The fourth-order valence-electron chi connectivity index (χ4n) is 2.84. The van der Waals surface area contributed by atoms with Crippen LogP contribution in [0.2, 0.25) is 0 Å². The molecule has 4 heteroatoms. The minimum absolute atomic E-state index is 0.0752. The lowest BCUT2D eigenvalue weighted by Crippen LogP contribution is -2.39. The van der Waals surface area contributed by atoms with E-state index in [2.05, 4.69) is 26.1 Å². The van der Waals surface area contributed by atoms with Crippen LogP contribution in [-0.2, 0) is 9.47 Å². The second kappa shape index (κ2) is 8.41. The summed E-state index contributed by atoms with van der Waals surface area (Å²) in [6.45, 7) is 7.95. The summed E-state index contributed by atoms with van der Waals surface area (Å²) in [5.74, 6) is 1.72. The number of rotatable bonds is 6. The Morgan fingerprint density at radius 3 is 2.74 bits per heavy atom. The van der Waals surface area contributed by atoms with E-state index in [0.717, 1.165) is 12.8 Å². The van der Waals surface area contributed by atoms with Gasteiger partial charge in [-0.3, -0.25) is 0 Å². The Morgan fingerprint density at radius 2 is 2.11 bits per heavy atom. The highest BCUT2D eigenvalue weighted by Gasteiger charge is 2.33. The van der Waals surface area contributed by atoms with Gasteiger partial charge in [-0.15, -0.1) is 0 Å². The van der Waals surface area contributed by atoms with Crippen LogP contribution in [0.1, 0.15) is 46.5 Å². The number of carbonyl (C=O) groups is 1. The predicted molar refractivity (Wildman–Crippen MR) is 76.1 cm³/mol. The van der Waals surface area contributed by atoms with Crippen molar-refractivity contribution < 1.29 is 14.3 Å². The zero-order chi connectivity index (χ0) is 14.3. The minimum Gasteiger partial charge on any atom is -0.446 e. The van der Waals surface area contributed by atoms with E-state index in [-0.39, 0.29) is 12.2 Å². The Hall–Kier alpha value is -0.770. The average molecular weight is 271 g/mol. The molecule has 1 aliphatic carbocycles. The van der Waals surface area contributed by atoms with Gasteiger partial charge in [0.05, 0.1) is 0 Å². The lowest BCUT2D eigenvalue weighted by molar-refractivity contribution is 0.00609. The zero-order valence-electron chi connectivity index (χ0n) is 12.8. The van der Waals surface area contributed by atoms with Crippen molar-refractivity contribution in [3.8, 4) is 0 Å². The first-order valence-electron chi connectivity index (χ1n) is 7.48. The first-order valence-corrected chi connectivity index (χ1v) is 7.48. The van der Waals surface area contributed by atoms with E-state index in [9.17, 15) is 4.79 Å². The first-order chi connectivity index (χ1) is 9.04. The molecule has 1 unspecified atom stereocenters. The molecule has 0 bridgehead atoms. The Balaban J connectivity index is 2.36. The van der Waals surface area contributed by atoms with Crippen LogP contribution in [0.3, 0.4) is 0 Å². The number of hydrogen-bond donors (Lipinski definition) is 1. The fourth-order valence-corrected chi connectivity index (χ4v) is 2.84. The minimum atomic E-state index is -0.277. The Labute approximate surface area is 117 Å². The van der Waals surface area contributed by atoms with E-state index in [4.69, 9.17) is 9.47 Å². The van der Waals surface area contributed by atoms with Crippen molar-refractivity contribution >= 4 is 6.09 Å². The monoisotopic (exact) mass is 271 g/mol. The molecule has 0 aromatic rings. The first kappa shape index (κ1) is 16.3. The normalized spacial score (nSPS) is 27.3. The molecule has 0 aliphatic heterocycles. The highest BCUT2D eigenvalue weighted by molar-refractivity contribution is 5.67.